The minimum Gasteiger partial charge on any atom is -0.478 e. The van der Waals surface area contributed by atoms with E-state index in [0.717, 1.165) is 6.08 Å². The number of rotatable bonds is 4. The number of hydrogen-bond acceptors (Lipinski definition) is 4. The van der Waals surface area contributed by atoms with Gasteiger partial charge in [0.05, 0.1) is 11.3 Å². The molecule has 0 unspecified atom stereocenters. The third-order valence-corrected chi connectivity index (χ3v) is 2.46. The first-order chi connectivity index (χ1) is 10.0. The van der Waals surface area contributed by atoms with Gasteiger partial charge < -0.3 is 15.4 Å². The molecule has 2 heterocycles. The van der Waals surface area contributed by atoms with Gasteiger partial charge in [-0.25, -0.2) is 9.78 Å². The summed E-state index contributed by atoms with van der Waals surface area (Å²) in [6, 6.07) is 7.45. The first-order valence-electron chi connectivity index (χ1n) is 5.93. The minimum atomic E-state index is -1.08. The van der Waals surface area contributed by atoms with Crippen LogP contribution in [-0.2, 0) is 4.79 Å². The number of amides is 1. The standard InChI is InChI=1S/C14H11N3O4/c18-12-6-4-9(8-15-12)14(21)17-11-3-1-2-10(16-11)5-7-13(19)20/h1-8H,(H,15,18)(H,19,20)(H,16,17,21)/b7-5+. The van der Waals surface area contributed by atoms with Gasteiger partial charge in [0, 0.05) is 18.3 Å². The third kappa shape index (κ3) is 4.13. The fraction of sp³-hybridized carbons (Fsp3) is 0. The summed E-state index contributed by atoms with van der Waals surface area (Å²) in [4.78, 5) is 39.7. The van der Waals surface area contributed by atoms with Crippen LogP contribution in [0.2, 0.25) is 0 Å². The maximum absolute atomic E-state index is 11.9. The molecule has 7 heteroatoms. The number of aliphatic carboxylic acids is 1. The van der Waals surface area contributed by atoms with Crippen molar-refractivity contribution in [3.63, 3.8) is 0 Å². The fourth-order valence-electron chi connectivity index (χ4n) is 1.51. The van der Waals surface area contributed by atoms with Crippen LogP contribution in [-0.4, -0.2) is 27.0 Å². The Morgan fingerprint density at radius 3 is 2.71 bits per heavy atom. The first kappa shape index (κ1) is 14.2. The van der Waals surface area contributed by atoms with Crippen molar-refractivity contribution in [1.82, 2.24) is 9.97 Å². The van der Waals surface area contributed by atoms with Crippen molar-refractivity contribution in [2.24, 2.45) is 0 Å². The Balaban J connectivity index is 2.14. The molecule has 21 heavy (non-hydrogen) atoms. The zero-order chi connectivity index (χ0) is 15.2. The lowest BCUT2D eigenvalue weighted by atomic mass is 10.2. The lowest BCUT2D eigenvalue weighted by molar-refractivity contribution is -0.131. The van der Waals surface area contributed by atoms with Crippen molar-refractivity contribution in [1.29, 1.82) is 0 Å². The lowest BCUT2D eigenvalue weighted by Gasteiger charge is -2.04. The van der Waals surface area contributed by atoms with Crippen LogP contribution in [0.4, 0.5) is 5.82 Å². The molecule has 0 fully saturated rings. The van der Waals surface area contributed by atoms with Gasteiger partial charge in [-0.2, -0.15) is 0 Å². The molecule has 0 aliphatic rings. The fourth-order valence-corrected chi connectivity index (χ4v) is 1.51. The van der Waals surface area contributed by atoms with Crippen LogP contribution in [0.5, 0.6) is 0 Å². The first-order valence-corrected chi connectivity index (χ1v) is 5.93. The van der Waals surface area contributed by atoms with Gasteiger partial charge in [-0.05, 0) is 24.3 Å². The molecule has 1 amide bonds. The highest BCUT2D eigenvalue weighted by molar-refractivity contribution is 6.03. The molecule has 7 nitrogen and oxygen atoms in total. The second-order valence-electron chi connectivity index (χ2n) is 4.01. The molecule has 0 aromatic carbocycles. The van der Waals surface area contributed by atoms with Gasteiger partial charge >= 0.3 is 5.97 Å². The molecule has 3 N–H and O–H groups in total. The van der Waals surface area contributed by atoms with Crippen molar-refractivity contribution in [3.8, 4) is 0 Å². The highest BCUT2D eigenvalue weighted by Crippen LogP contribution is 2.08. The average molecular weight is 285 g/mol. The summed E-state index contributed by atoms with van der Waals surface area (Å²) in [6.45, 7) is 0. The van der Waals surface area contributed by atoms with Crippen LogP contribution in [0.1, 0.15) is 16.1 Å². The molecule has 0 spiro atoms. The summed E-state index contributed by atoms with van der Waals surface area (Å²) in [7, 11) is 0. The molecule has 2 aromatic rings. The van der Waals surface area contributed by atoms with E-state index in [1.807, 2.05) is 0 Å². The number of pyridine rings is 2. The quantitative estimate of drug-likeness (QED) is 0.729. The number of nitrogens with one attached hydrogen (secondary N) is 2. The van der Waals surface area contributed by atoms with E-state index in [1.165, 1.54) is 24.4 Å². The van der Waals surface area contributed by atoms with Gasteiger partial charge in [-0.15, -0.1) is 0 Å². The predicted octanol–water partition coefficient (Wildman–Crippen LogP) is 1.12. The highest BCUT2D eigenvalue weighted by atomic mass is 16.4. The van der Waals surface area contributed by atoms with Crippen LogP contribution in [0.25, 0.3) is 6.08 Å². The van der Waals surface area contributed by atoms with E-state index in [9.17, 15) is 14.4 Å². The van der Waals surface area contributed by atoms with Crippen LogP contribution in [0.3, 0.4) is 0 Å². The largest absolute Gasteiger partial charge is 0.478 e. The monoisotopic (exact) mass is 285 g/mol. The number of aromatic nitrogens is 2. The van der Waals surface area contributed by atoms with Gasteiger partial charge in [-0.3, -0.25) is 9.59 Å². The lowest BCUT2D eigenvalue weighted by Crippen LogP contribution is -2.15. The number of carbonyl (C=O) groups excluding carboxylic acids is 1. The Hall–Kier alpha value is -3.22. The summed E-state index contributed by atoms with van der Waals surface area (Å²) in [5.74, 6) is -1.24. The van der Waals surface area contributed by atoms with Crippen LogP contribution >= 0.6 is 0 Å². The number of aromatic amines is 1. The Morgan fingerprint density at radius 1 is 1.24 bits per heavy atom. The molecular weight excluding hydrogens is 274 g/mol. The highest BCUT2D eigenvalue weighted by Gasteiger charge is 2.06. The molecule has 0 bridgehead atoms. The number of hydrogen-bond donors (Lipinski definition) is 3. The average Bonchev–Trinajstić information content (AvgIpc) is 2.46. The number of carboxylic acid groups (broad SMARTS) is 1. The number of carboxylic acids is 1. The van der Waals surface area contributed by atoms with E-state index >= 15 is 0 Å². The molecule has 0 saturated carbocycles. The van der Waals surface area contributed by atoms with Crippen molar-refractivity contribution >= 4 is 23.8 Å². The van der Waals surface area contributed by atoms with Gasteiger partial charge in [0.15, 0.2) is 0 Å². The number of anilines is 1. The van der Waals surface area contributed by atoms with Gasteiger partial charge in [0.2, 0.25) is 5.56 Å². The summed E-state index contributed by atoms with van der Waals surface area (Å²) >= 11 is 0. The third-order valence-electron chi connectivity index (χ3n) is 2.46. The van der Waals surface area contributed by atoms with Crippen molar-refractivity contribution < 1.29 is 14.7 Å². The molecule has 2 aromatic heterocycles. The smallest absolute Gasteiger partial charge is 0.328 e. The van der Waals surface area contributed by atoms with Crippen LogP contribution in [0.15, 0.2) is 47.4 Å². The molecule has 2 rings (SSSR count). The van der Waals surface area contributed by atoms with E-state index in [2.05, 4.69) is 15.3 Å². The normalized spacial score (nSPS) is 10.5. The van der Waals surface area contributed by atoms with Crippen LogP contribution in [0, 0.1) is 0 Å². The summed E-state index contributed by atoms with van der Waals surface area (Å²) in [5.41, 5.74) is 0.380. The summed E-state index contributed by atoms with van der Waals surface area (Å²) in [6.07, 6.45) is 3.57. The van der Waals surface area contributed by atoms with Crippen molar-refractivity contribution in [2.75, 3.05) is 5.32 Å². The maximum Gasteiger partial charge on any atom is 0.328 e. The van der Waals surface area contributed by atoms with Crippen molar-refractivity contribution in [2.45, 2.75) is 0 Å². The topological polar surface area (TPSA) is 112 Å². The number of nitrogens with zero attached hydrogens (tertiary/aromatic N) is 1. The maximum atomic E-state index is 11.9. The molecule has 0 saturated heterocycles. The Bertz CT molecular complexity index is 744. The van der Waals surface area contributed by atoms with E-state index in [4.69, 9.17) is 5.11 Å². The summed E-state index contributed by atoms with van der Waals surface area (Å²) in [5, 5.41) is 11.1. The van der Waals surface area contributed by atoms with Gasteiger partial charge in [0.25, 0.3) is 5.91 Å². The molecule has 0 aliphatic carbocycles. The zero-order valence-electron chi connectivity index (χ0n) is 10.7. The molecule has 0 radical (unpaired) electrons. The Morgan fingerprint density at radius 2 is 2.05 bits per heavy atom. The van der Waals surface area contributed by atoms with Crippen LogP contribution < -0.4 is 10.9 Å². The van der Waals surface area contributed by atoms with Gasteiger partial charge in [-0.1, -0.05) is 6.07 Å². The number of H-pyrrole nitrogens is 1. The molecule has 106 valence electrons. The SMILES string of the molecule is O=C(O)/C=C/c1cccc(NC(=O)c2ccc(=O)[nH]c2)n1. The van der Waals surface area contributed by atoms with E-state index in [0.29, 0.717) is 5.69 Å². The number of carbonyl (C=O) groups is 2. The molecule has 0 aliphatic heterocycles. The summed E-state index contributed by atoms with van der Waals surface area (Å²) < 4.78 is 0. The minimum absolute atomic E-state index is 0.277. The van der Waals surface area contributed by atoms with E-state index in [-0.39, 0.29) is 16.9 Å². The molecular formula is C14H11N3O4. The Kier molecular flexibility index (Phi) is 4.25. The predicted molar refractivity (Wildman–Crippen MR) is 75.9 cm³/mol. The molecule has 0 atom stereocenters. The second kappa shape index (κ2) is 6.29. The second-order valence-corrected chi connectivity index (χ2v) is 4.01. The van der Waals surface area contributed by atoms with Crippen molar-refractivity contribution in [3.05, 3.63) is 64.2 Å². The van der Waals surface area contributed by atoms with E-state index in [1.54, 1.807) is 18.2 Å². The zero-order valence-corrected chi connectivity index (χ0v) is 10.7. The van der Waals surface area contributed by atoms with Gasteiger partial charge in [0.1, 0.15) is 5.82 Å². The van der Waals surface area contributed by atoms with E-state index < -0.39 is 11.9 Å². The Labute approximate surface area is 119 Å².